The van der Waals surface area contributed by atoms with Crippen LogP contribution in [0.25, 0.3) is 0 Å². The van der Waals surface area contributed by atoms with Gasteiger partial charge in [-0.2, -0.15) is 0 Å². The second-order valence-corrected chi connectivity index (χ2v) is 17.2. The van der Waals surface area contributed by atoms with Crippen molar-refractivity contribution in [3.63, 3.8) is 0 Å². The summed E-state index contributed by atoms with van der Waals surface area (Å²) in [5, 5.41) is 0. The van der Waals surface area contributed by atoms with Crippen molar-refractivity contribution in [1.29, 1.82) is 0 Å². The number of unbranched alkanes of at least 4 members (excludes halogenated alkanes) is 12. The van der Waals surface area contributed by atoms with Crippen LogP contribution in [0.5, 0.6) is 0 Å². The monoisotopic (exact) mass is 970 g/mol. The van der Waals surface area contributed by atoms with Crippen LogP contribution in [-0.4, -0.2) is 114 Å². The molecular formula is C48H66CaO14S2. The van der Waals surface area contributed by atoms with Crippen molar-refractivity contribution in [1.82, 2.24) is 0 Å². The quantitative estimate of drug-likeness (QED) is 0.0178. The molecule has 0 saturated heterocycles. The van der Waals surface area contributed by atoms with Crippen molar-refractivity contribution in [2.24, 2.45) is 0 Å². The van der Waals surface area contributed by atoms with Gasteiger partial charge in [0, 0.05) is 0 Å². The van der Waals surface area contributed by atoms with Gasteiger partial charge in [0.2, 0.25) is 0 Å². The SMILES string of the molecule is CCCCC/C=C/COC(=O)c1cccc(S(=O)(=O)[O-])c1C(=O)OC/C=C/CCCCC.CCCCC/C=C/COC(=O)c1cccc(S(=O)(=O)[O-])c1C(=O)OC/C=C/CCCCC.[Ca+2]. The molecule has 0 amide bonds. The minimum absolute atomic E-state index is 0. The number of hydrogen-bond acceptors (Lipinski definition) is 14. The van der Waals surface area contributed by atoms with E-state index >= 15 is 0 Å². The van der Waals surface area contributed by atoms with Gasteiger partial charge in [-0.25, -0.2) is 36.0 Å². The molecule has 0 saturated carbocycles. The third-order valence-electron chi connectivity index (χ3n) is 9.25. The number of carbonyl (C=O) groups is 4. The van der Waals surface area contributed by atoms with Gasteiger partial charge < -0.3 is 28.1 Å². The Hall–Kier alpha value is -3.64. The molecule has 0 N–H and O–H groups in total. The molecule has 0 heterocycles. The molecule has 356 valence electrons. The molecule has 65 heavy (non-hydrogen) atoms. The van der Waals surface area contributed by atoms with E-state index in [2.05, 4.69) is 27.7 Å². The molecular weight excluding hydrogens is 905 g/mol. The summed E-state index contributed by atoms with van der Waals surface area (Å²) in [4.78, 5) is 48.5. The van der Waals surface area contributed by atoms with Crippen molar-refractivity contribution in [2.45, 2.75) is 140 Å². The maximum Gasteiger partial charge on any atom is 2.00 e. The van der Waals surface area contributed by atoms with Gasteiger partial charge in [-0.1, -0.05) is 140 Å². The van der Waals surface area contributed by atoms with Crippen LogP contribution in [0.15, 0.2) is 94.8 Å². The maximum atomic E-state index is 12.6. The average molecular weight is 971 g/mol. The van der Waals surface area contributed by atoms with Crippen molar-refractivity contribution in [2.75, 3.05) is 26.4 Å². The summed E-state index contributed by atoms with van der Waals surface area (Å²) in [6.45, 7) is 8.13. The number of carbonyl (C=O) groups excluding carboxylic acids is 4. The average Bonchev–Trinajstić information content (AvgIpc) is 3.26. The fourth-order valence-electron chi connectivity index (χ4n) is 5.83. The van der Waals surface area contributed by atoms with Crippen LogP contribution < -0.4 is 0 Å². The number of benzene rings is 2. The summed E-state index contributed by atoms with van der Waals surface area (Å²) in [7, 11) is -10.0. The van der Waals surface area contributed by atoms with Crippen LogP contribution in [0.4, 0.5) is 0 Å². The van der Waals surface area contributed by atoms with Gasteiger partial charge in [-0.3, -0.25) is 0 Å². The molecule has 0 spiro atoms. The van der Waals surface area contributed by atoms with Crippen molar-refractivity contribution < 1.29 is 64.1 Å². The molecule has 0 aromatic heterocycles. The van der Waals surface area contributed by atoms with E-state index in [0.717, 1.165) is 115 Å². The summed E-state index contributed by atoms with van der Waals surface area (Å²) >= 11 is 0. The fraction of sp³-hybridized carbons (Fsp3) is 0.500. The number of hydrogen-bond donors (Lipinski definition) is 0. The molecule has 2 rings (SSSR count). The summed E-state index contributed by atoms with van der Waals surface area (Å²) in [5.41, 5.74) is -1.84. The number of allylic oxidation sites excluding steroid dienone is 4. The third-order valence-corrected chi connectivity index (χ3v) is 11.0. The van der Waals surface area contributed by atoms with Gasteiger partial charge in [0.05, 0.1) is 32.0 Å². The Balaban J connectivity index is 0.00000124. The number of rotatable bonds is 30. The van der Waals surface area contributed by atoms with Crippen LogP contribution >= 0.6 is 0 Å². The minimum Gasteiger partial charge on any atom is -0.744 e. The van der Waals surface area contributed by atoms with E-state index in [1.165, 1.54) is 24.3 Å². The van der Waals surface area contributed by atoms with Gasteiger partial charge in [-0.15, -0.1) is 0 Å². The number of ether oxygens (including phenoxy) is 4. The van der Waals surface area contributed by atoms with Crippen LogP contribution in [0.1, 0.15) is 172 Å². The zero-order chi connectivity index (χ0) is 47.6. The van der Waals surface area contributed by atoms with Crippen LogP contribution in [0, 0.1) is 0 Å². The van der Waals surface area contributed by atoms with Gasteiger partial charge in [0.15, 0.2) is 0 Å². The largest absolute Gasteiger partial charge is 2.00 e. The van der Waals surface area contributed by atoms with E-state index in [-0.39, 0.29) is 75.3 Å². The van der Waals surface area contributed by atoms with Crippen LogP contribution in [0.3, 0.4) is 0 Å². The molecule has 0 unspecified atom stereocenters. The Kier molecular flexibility index (Phi) is 34.4. The Morgan fingerprint density at radius 2 is 0.692 bits per heavy atom. The van der Waals surface area contributed by atoms with E-state index < -0.39 is 65.0 Å². The Labute approximate surface area is 416 Å². The van der Waals surface area contributed by atoms with Gasteiger partial charge in [0.1, 0.15) is 46.7 Å². The molecule has 14 nitrogen and oxygen atoms in total. The van der Waals surface area contributed by atoms with E-state index in [0.29, 0.717) is 0 Å². The molecule has 0 bridgehead atoms. The van der Waals surface area contributed by atoms with Gasteiger partial charge >= 0.3 is 61.6 Å². The normalized spacial score (nSPS) is 11.7. The minimum atomic E-state index is -5.01. The van der Waals surface area contributed by atoms with Gasteiger partial charge in [0.25, 0.3) is 0 Å². The van der Waals surface area contributed by atoms with E-state index in [4.69, 9.17) is 18.9 Å². The predicted molar refractivity (Wildman–Crippen MR) is 249 cm³/mol. The third kappa shape index (κ3) is 26.3. The summed E-state index contributed by atoms with van der Waals surface area (Å²) < 4.78 is 90.4. The Morgan fingerprint density at radius 3 is 0.938 bits per heavy atom. The van der Waals surface area contributed by atoms with Crippen molar-refractivity contribution in [3.8, 4) is 0 Å². The van der Waals surface area contributed by atoms with E-state index in [9.17, 15) is 45.1 Å². The molecule has 2 aromatic rings. The second kappa shape index (κ2) is 36.5. The first-order valence-corrected chi connectivity index (χ1v) is 24.9. The van der Waals surface area contributed by atoms with Crippen molar-refractivity contribution in [3.05, 3.63) is 107 Å². The second-order valence-electron chi connectivity index (χ2n) is 14.5. The summed E-state index contributed by atoms with van der Waals surface area (Å²) in [5.74, 6) is -3.95. The smallest absolute Gasteiger partial charge is 0.744 e. The maximum absolute atomic E-state index is 12.6. The summed E-state index contributed by atoms with van der Waals surface area (Å²) in [6.07, 6.45) is 30.5. The van der Waals surface area contributed by atoms with Crippen LogP contribution in [-0.2, 0) is 39.2 Å². The van der Waals surface area contributed by atoms with E-state index in [1.807, 2.05) is 24.3 Å². The molecule has 17 heteroatoms. The Bertz CT molecular complexity index is 1930. The molecule has 0 aliphatic rings. The molecule has 0 atom stereocenters. The fourth-order valence-corrected chi connectivity index (χ4v) is 7.20. The Morgan fingerprint density at radius 1 is 0.431 bits per heavy atom. The topological polar surface area (TPSA) is 220 Å². The van der Waals surface area contributed by atoms with Crippen molar-refractivity contribution >= 4 is 81.9 Å². The number of esters is 4. The molecule has 0 aliphatic carbocycles. The molecule has 0 fully saturated rings. The van der Waals surface area contributed by atoms with E-state index in [1.54, 1.807) is 24.3 Å². The molecule has 2 aromatic carbocycles. The predicted octanol–water partition coefficient (Wildman–Crippen LogP) is 9.97. The van der Waals surface area contributed by atoms with Gasteiger partial charge in [-0.05, 0) is 75.6 Å². The zero-order valence-corrected chi connectivity index (χ0v) is 42.3. The standard InChI is InChI=1S/2C24H34O7S.Ca/c2*1-3-5-7-9-11-13-18-30-23(25)20-16-15-17-21(32(27,28)29)22(20)24(26)31-19-14-12-10-8-6-4-2;/h2*11-17H,3-10,18-19H2,1-2H3,(H,27,28,29);/q;;+2/p-2/b2*13-11+,14-12+;. The first-order valence-electron chi connectivity index (χ1n) is 22.1. The zero-order valence-electron chi connectivity index (χ0n) is 38.5. The summed E-state index contributed by atoms with van der Waals surface area (Å²) in [6, 6.07) is 6.85. The molecule has 0 radical (unpaired) electrons. The first-order chi connectivity index (χ1) is 30.6. The first kappa shape index (κ1) is 61.4. The molecule has 0 aliphatic heterocycles. The van der Waals surface area contributed by atoms with Crippen LogP contribution in [0.2, 0.25) is 0 Å².